The summed E-state index contributed by atoms with van der Waals surface area (Å²) in [7, 11) is -2.93. The lowest BCUT2D eigenvalue weighted by molar-refractivity contribution is -0.132. The molecule has 1 atom stereocenters. The first kappa shape index (κ1) is 21.3. The zero-order valence-corrected chi connectivity index (χ0v) is 17.9. The van der Waals surface area contributed by atoms with E-state index >= 15 is 0 Å². The molecule has 0 spiro atoms. The van der Waals surface area contributed by atoms with Crippen molar-refractivity contribution in [3.63, 3.8) is 0 Å². The summed E-state index contributed by atoms with van der Waals surface area (Å²) in [4.78, 5) is 28.2. The number of sulfone groups is 1. The number of benzene rings is 1. The van der Waals surface area contributed by atoms with Gasteiger partial charge < -0.3 is 15.1 Å². The molecule has 0 aliphatic carbocycles. The zero-order chi connectivity index (χ0) is 20.1. The second-order valence-electron chi connectivity index (χ2n) is 6.96. The Kier molecular flexibility index (Phi) is 7.11. The first-order chi connectivity index (χ1) is 13.3. The maximum Gasteiger partial charge on any atom is 0.242 e. The summed E-state index contributed by atoms with van der Waals surface area (Å²) >= 11 is 7.26. The van der Waals surface area contributed by atoms with Crippen molar-refractivity contribution in [2.24, 2.45) is 0 Å². The minimum absolute atomic E-state index is 0.0209. The van der Waals surface area contributed by atoms with Gasteiger partial charge in [0, 0.05) is 42.1 Å². The summed E-state index contributed by atoms with van der Waals surface area (Å²) < 4.78 is 22.9. The van der Waals surface area contributed by atoms with Gasteiger partial charge in [-0.3, -0.25) is 9.59 Å². The van der Waals surface area contributed by atoms with Gasteiger partial charge in [-0.1, -0.05) is 11.6 Å². The lowest BCUT2D eigenvalue weighted by atomic mass is 10.2. The standard InChI is InChI=1S/C18H24ClN3O4S2/c19-14-1-3-15(4-2-14)21-6-8-22(9-7-21)18(24)11-20-17(23)12-27-16-5-10-28(25,26)13-16/h1-4,16H,5-13H2,(H,20,23). The number of rotatable bonds is 6. The number of piperazine rings is 1. The molecular weight excluding hydrogens is 422 g/mol. The molecule has 0 aromatic heterocycles. The fourth-order valence-corrected chi connectivity index (χ4v) is 6.89. The van der Waals surface area contributed by atoms with Crippen LogP contribution in [0.4, 0.5) is 5.69 Å². The van der Waals surface area contributed by atoms with Crippen molar-refractivity contribution in [1.29, 1.82) is 0 Å². The van der Waals surface area contributed by atoms with Crippen LogP contribution >= 0.6 is 23.4 Å². The van der Waals surface area contributed by atoms with Gasteiger partial charge in [0.15, 0.2) is 9.84 Å². The highest BCUT2D eigenvalue weighted by molar-refractivity contribution is 8.02. The van der Waals surface area contributed by atoms with Crippen molar-refractivity contribution in [2.45, 2.75) is 11.7 Å². The molecule has 2 aliphatic heterocycles. The normalized spacial score (nSPS) is 21.5. The number of hydrogen-bond acceptors (Lipinski definition) is 6. The Morgan fingerprint density at radius 1 is 1.14 bits per heavy atom. The Hall–Kier alpha value is -1.45. The lowest BCUT2D eigenvalue weighted by Gasteiger charge is -2.36. The van der Waals surface area contributed by atoms with Gasteiger partial charge >= 0.3 is 0 Å². The second-order valence-corrected chi connectivity index (χ2v) is 10.9. The summed E-state index contributed by atoms with van der Waals surface area (Å²) in [6.45, 7) is 2.64. The van der Waals surface area contributed by atoms with Crippen LogP contribution in [-0.4, -0.2) is 80.4 Å². The van der Waals surface area contributed by atoms with Gasteiger partial charge in [-0.05, 0) is 30.7 Å². The van der Waals surface area contributed by atoms with Crippen LogP contribution in [0.5, 0.6) is 0 Å². The number of hydrogen-bond donors (Lipinski definition) is 1. The summed E-state index contributed by atoms with van der Waals surface area (Å²) in [5.41, 5.74) is 1.08. The molecule has 0 saturated carbocycles. The summed E-state index contributed by atoms with van der Waals surface area (Å²) in [6, 6.07) is 7.63. The Bertz CT molecular complexity index is 809. The summed E-state index contributed by atoms with van der Waals surface area (Å²) in [6.07, 6.45) is 0.594. The molecule has 2 heterocycles. The molecule has 2 fully saturated rings. The Labute approximate surface area is 174 Å². The molecule has 1 aromatic rings. The Balaban J connectivity index is 1.35. The molecule has 1 aromatic carbocycles. The van der Waals surface area contributed by atoms with Crippen molar-refractivity contribution >= 4 is 50.7 Å². The topological polar surface area (TPSA) is 86.8 Å². The molecule has 1 N–H and O–H groups in total. The summed E-state index contributed by atoms with van der Waals surface area (Å²) in [5.74, 6) is 0.187. The molecule has 2 aliphatic rings. The zero-order valence-electron chi connectivity index (χ0n) is 15.5. The molecule has 28 heavy (non-hydrogen) atoms. The maximum absolute atomic E-state index is 12.3. The molecule has 10 heteroatoms. The first-order valence-electron chi connectivity index (χ1n) is 9.19. The quantitative estimate of drug-likeness (QED) is 0.703. The van der Waals surface area contributed by atoms with Gasteiger partial charge in [0.05, 0.1) is 23.8 Å². The average Bonchev–Trinajstić information content (AvgIpc) is 3.04. The van der Waals surface area contributed by atoms with Gasteiger partial charge in [-0.15, -0.1) is 11.8 Å². The smallest absolute Gasteiger partial charge is 0.242 e. The van der Waals surface area contributed by atoms with E-state index in [1.807, 2.05) is 24.3 Å². The van der Waals surface area contributed by atoms with E-state index in [-0.39, 0.29) is 40.9 Å². The van der Waals surface area contributed by atoms with Crippen LogP contribution in [0.3, 0.4) is 0 Å². The fraction of sp³-hybridized carbons (Fsp3) is 0.556. The highest BCUT2D eigenvalue weighted by Gasteiger charge is 2.28. The molecule has 2 saturated heterocycles. The maximum atomic E-state index is 12.3. The number of thioether (sulfide) groups is 1. The Morgan fingerprint density at radius 3 is 2.43 bits per heavy atom. The van der Waals surface area contributed by atoms with Crippen molar-refractivity contribution in [1.82, 2.24) is 10.2 Å². The van der Waals surface area contributed by atoms with E-state index in [2.05, 4.69) is 10.2 Å². The van der Waals surface area contributed by atoms with Gasteiger partial charge in [0.25, 0.3) is 0 Å². The predicted molar refractivity (Wildman–Crippen MR) is 113 cm³/mol. The first-order valence-corrected chi connectivity index (χ1v) is 12.4. The third kappa shape index (κ3) is 6.02. The fourth-order valence-electron chi connectivity index (χ4n) is 3.29. The van der Waals surface area contributed by atoms with Crippen LogP contribution in [0.1, 0.15) is 6.42 Å². The number of nitrogens with one attached hydrogen (secondary N) is 1. The van der Waals surface area contributed by atoms with Crippen LogP contribution in [0.25, 0.3) is 0 Å². The molecule has 0 bridgehead atoms. The van der Waals surface area contributed by atoms with Crippen molar-refractivity contribution in [3.8, 4) is 0 Å². The minimum atomic E-state index is -2.93. The monoisotopic (exact) mass is 445 g/mol. The third-order valence-corrected chi connectivity index (χ3v) is 8.44. The van der Waals surface area contributed by atoms with E-state index < -0.39 is 9.84 Å². The number of carbonyl (C=O) groups is 2. The van der Waals surface area contributed by atoms with E-state index in [9.17, 15) is 18.0 Å². The molecule has 154 valence electrons. The van der Waals surface area contributed by atoms with Crippen LogP contribution in [0.2, 0.25) is 5.02 Å². The van der Waals surface area contributed by atoms with Crippen molar-refractivity contribution in [3.05, 3.63) is 29.3 Å². The number of anilines is 1. The highest BCUT2D eigenvalue weighted by Crippen LogP contribution is 2.24. The van der Waals surface area contributed by atoms with Gasteiger partial charge in [0.2, 0.25) is 11.8 Å². The van der Waals surface area contributed by atoms with Crippen LogP contribution in [0.15, 0.2) is 24.3 Å². The molecule has 7 nitrogen and oxygen atoms in total. The van der Waals surface area contributed by atoms with Gasteiger partial charge in [-0.25, -0.2) is 8.42 Å². The number of halogens is 1. The molecule has 1 unspecified atom stereocenters. The molecular formula is C18H24ClN3O4S2. The number of amides is 2. The SMILES string of the molecule is O=C(CSC1CCS(=O)(=O)C1)NCC(=O)N1CCN(c2ccc(Cl)cc2)CC1. The van der Waals surface area contributed by atoms with E-state index in [4.69, 9.17) is 11.6 Å². The molecule has 3 rings (SSSR count). The van der Waals surface area contributed by atoms with Gasteiger partial charge in [-0.2, -0.15) is 0 Å². The van der Waals surface area contributed by atoms with Gasteiger partial charge in [0.1, 0.15) is 0 Å². The van der Waals surface area contributed by atoms with E-state index in [0.29, 0.717) is 24.5 Å². The van der Waals surface area contributed by atoms with E-state index in [1.54, 1.807) is 4.90 Å². The van der Waals surface area contributed by atoms with Crippen LogP contribution in [0, 0.1) is 0 Å². The number of carbonyl (C=O) groups excluding carboxylic acids is 2. The average molecular weight is 446 g/mol. The lowest BCUT2D eigenvalue weighted by Crippen LogP contribution is -2.51. The van der Waals surface area contributed by atoms with Crippen molar-refractivity contribution in [2.75, 3.05) is 54.9 Å². The van der Waals surface area contributed by atoms with Crippen molar-refractivity contribution < 1.29 is 18.0 Å². The third-order valence-electron chi connectivity index (χ3n) is 4.90. The van der Waals surface area contributed by atoms with E-state index in [1.165, 1.54) is 11.8 Å². The predicted octanol–water partition coefficient (Wildman–Crippen LogP) is 1.03. The Morgan fingerprint density at radius 2 is 1.82 bits per heavy atom. The second kappa shape index (κ2) is 9.37. The molecule has 0 radical (unpaired) electrons. The number of nitrogens with zero attached hydrogens (tertiary/aromatic N) is 2. The van der Waals surface area contributed by atoms with Crippen LogP contribution < -0.4 is 10.2 Å². The highest BCUT2D eigenvalue weighted by atomic mass is 35.5. The molecule has 2 amide bonds. The minimum Gasteiger partial charge on any atom is -0.368 e. The van der Waals surface area contributed by atoms with E-state index in [0.717, 1.165) is 18.8 Å². The summed E-state index contributed by atoms with van der Waals surface area (Å²) in [5, 5.41) is 3.32. The van der Waals surface area contributed by atoms with Crippen LogP contribution in [-0.2, 0) is 19.4 Å². The largest absolute Gasteiger partial charge is 0.368 e.